The zero-order valence-corrected chi connectivity index (χ0v) is 14.1. The highest BCUT2D eigenvalue weighted by Gasteiger charge is 2.29. The maximum absolute atomic E-state index is 13.9. The Morgan fingerprint density at radius 3 is 2.74 bits per heavy atom. The van der Waals surface area contributed by atoms with Gasteiger partial charge in [0.25, 0.3) is 0 Å². The Balaban J connectivity index is 1.78. The van der Waals surface area contributed by atoms with Crippen molar-refractivity contribution in [2.45, 2.75) is 16.6 Å². The van der Waals surface area contributed by atoms with Crippen LogP contribution >= 0.6 is 11.8 Å². The van der Waals surface area contributed by atoms with Gasteiger partial charge in [0.15, 0.2) is 0 Å². The summed E-state index contributed by atoms with van der Waals surface area (Å²) in [6, 6.07) is 9.87. The first-order valence-electron chi connectivity index (χ1n) is 7.35. The van der Waals surface area contributed by atoms with Gasteiger partial charge in [0, 0.05) is 42.0 Å². The summed E-state index contributed by atoms with van der Waals surface area (Å²) in [6.07, 6.45) is 3.50. The van der Waals surface area contributed by atoms with Crippen LogP contribution in [0.2, 0.25) is 0 Å². The molecule has 1 aromatic carbocycles. The van der Waals surface area contributed by atoms with E-state index < -0.39 is 10.0 Å². The number of hydrogen-bond acceptors (Lipinski definition) is 4. The molecule has 2 aromatic rings. The molecule has 0 saturated carbocycles. The summed E-state index contributed by atoms with van der Waals surface area (Å²) < 4.78 is 40.7. The average molecular weight is 352 g/mol. The Labute approximate surface area is 139 Å². The second-order valence-corrected chi connectivity index (χ2v) is 8.51. The second kappa shape index (κ2) is 6.98. The van der Waals surface area contributed by atoms with Gasteiger partial charge in [0.05, 0.1) is 0 Å². The number of hydrogen-bond donors (Lipinski definition) is 0. The predicted octanol–water partition coefficient (Wildman–Crippen LogP) is 3.09. The molecule has 2 heterocycles. The molecular formula is C16H17FN2O2S2. The third kappa shape index (κ3) is 3.57. The fraction of sp³-hybridized carbons (Fsp3) is 0.312. The first-order valence-corrected chi connectivity index (χ1v) is 9.84. The second-order valence-electron chi connectivity index (χ2n) is 5.26. The van der Waals surface area contributed by atoms with E-state index in [2.05, 4.69) is 4.98 Å². The highest BCUT2D eigenvalue weighted by atomic mass is 32.2. The van der Waals surface area contributed by atoms with Gasteiger partial charge in [-0.2, -0.15) is 16.1 Å². The fourth-order valence-electron chi connectivity index (χ4n) is 2.62. The normalized spacial score (nSPS) is 20.1. The molecule has 4 nitrogen and oxygen atoms in total. The van der Waals surface area contributed by atoms with Crippen LogP contribution in [0.25, 0.3) is 0 Å². The first-order chi connectivity index (χ1) is 11.1. The van der Waals surface area contributed by atoms with E-state index in [0.717, 1.165) is 0 Å². The van der Waals surface area contributed by atoms with E-state index in [1.807, 2.05) is 6.07 Å². The minimum Gasteiger partial charge on any atom is -0.263 e. The molecule has 0 radical (unpaired) electrons. The van der Waals surface area contributed by atoms with Gasteiger partial charge in [-0.3, -0.25) is 4.98 Å². The minimum absolute atomic E-state index is 0.0229. The number of halogens is 1. The van der Waals surface area contributed by atoms with E-state index in [-0.39, 0.29) is 16.0 Å². The van der Waals surface area contributed by atoms with Crippen LogP contribution in [0.1, 0.15) is 17.2 Å². The van der Waals surface area contributed by atoms with E-state index in [9.17, 15) is 12.8 Å². The van der Waals surface area contributed by atoms with E-state index in [0.29, 0.717) is 30.8 Å². The number of aromatic nitrogens is 1. The highest BCUT2D eigenvalue weighted by molar-refractivity contribution is 7.99. The van der Waals surface area contributed by atoms with Crippen molar-refractivity contribution in [2.75, 3.05) is 18.8 Å². The summed E-state index contributed by atoms with van der Waals surface area (Å²) >= 11 is 1.60. The first kappa shape index (κ1) is 16.4. The van der Waals surface area contributed by atoms with Gasteiger partial charge >= 0.3 is 0 Å². The van der Waals surface area contributed by atoms with Crippen molar-refractivity contribution in [1.82, 2.24) is 9.29 Å². The van der Waals surface area contributed by atoms with Crippen LogP contribution in [0.4, 0.5) is 4.39 Å². The number of rotatable bonds is 3. The molecule has 1 unspecified atom stereocenters. The molecule has 0 spiro atoms. The average Bonchev–Trinajstić information content (AvgIpc) is 2.83. The van der Waals surface area contributed by atoms with Crippen molar-refractivity contribution in [3.8, 4) is 0 Å². The van der Waals surface area contributed by atoms with Crippen molar-refractivity contribution in [3.63, 3.8) is 0 Å². The molecule has 1 saturated heterocycles. The molecule has 1 aliphatic heterocycles. The smallest absolute Gasteiger partial charge is 0.244 e. The lowest BCUT2D eigenvalue weighted by atomic mass is 10.1. The van der Waals surface area contributed by atoms with Crippen LogP contribution in [0.3, 0.4) is 0 Å². The molecule has 23 heavy (non-hydrogen) atoms. The Morgan fingerprint density at radius 2 is 2.00 bits per heavy atom. The highest BCUT2D eigenvalue weighted by Crippen LogP contribution is 2.36. The predicted molar refractivity (Wildman–Crippen MR) is 89.2 cm³/mol. The van der Waals surface area contributed by atoms with Gasteiger partial charge in [-0.05, 0) is 24.6 Å². The monoisotopic (exact) mass is 352 g/mol. The summed E-state index contributed by atoms with van der Waals surface area (Å²) in [5, 5.41) is -0.0229. The van der Waals surface area contributed by atoms with E-state index in [1.165, 1.54) is 16.6 Å². The number of benzene rings is 1. The SMILES string of the molecule is O=S(=O)(c1cccnc1)N1CCSC(c2ccccc2F)CC1. The topological polar surface area (TPSA) is 50.3 Å². The summed E-state index contributed by atoms with van der Waals surface area (Å²) in [6.45, 7) is 0.802. The zero-order valence-electron chi connectivity index (χ0n) is 12.4. The lowest BCUT2D eigenvalue weighted by Crippen LogP contribution is -2.33. The van der Waals surface area contributed by atoms with Crippen LogP contribution in [0.5, 0.6) is 0 Å². The largest absolute Gasteiger partial charge is 0.263 e. The van der Waals surface area contributed by atoms with Crippen LogP contribution in [-0.2, 0) is 10.0 Å². The Bertz CT molecular complexity index is 769. The Kier molecular flexibility index (Phi) is 4.99. The van der Waals surface area contributed by atoms with Crippen LogP contribution in [-0.4, -0.2) is 36.5 Å². The number of pyridine rings is 1. The van der Waals surface area contributed by atoms with E-state index >= 15 is 0 Å². The lowest BCUT2D eigenvalue weighted by molar-refractivity contribution is 0.426. The van der Waals surface area contributed by atoms with Crippen molar-refractivity contribution >= 4 is 21.8 Å². The van der Waals surface area contributed by atoms with Crippen molar-refractivity contribution in [1.29, 1.82) is 0 Å². The van der Waals surface area contributed by atoms with Gasteiger partial charge in [0.2, 0.25) is 10.0 Å². The maximum atomic E-state index is 13.9. The third-order valence-electron chi connectivity index (χ3n) is 3.82. The maximum Gasteiger partial charge on any atom is 0.244 e. The summed E-state index contributed by atoms with van der Waals surface area (Å²) in [5.41, 5.74) is 0.651. The number of sulfonamides is 1. The Morgan fingerprint density at radius 1 is 1.17 bits per heavy atom. The van der Waals surface area contributed by atoms with Gasteiger partial charge in [-0.15, -0.1) is 0 Å². The van der Waals surface area contributed by atoms with Crippen molar-refractivity contribution in [2.24, 2.45) is 0 Å². The van der Waals surface area contributed by atoms with E-state index in [4.69, 9.17) is 0 Å². The molecule has 3 rings (SSSR count). The van der Waals surface area contributed by atoms with Crippen LogP contribution < -0.4 is 0 Å². The summed E-state index contributed by atoms with van der Waals surface area (Å²) in [5.74, 6) is 0.409. The molecule has 7 heteroatoms. The van der Waals surface area contributed by atoms with Crippen LogP contribution in [0.15, 0.2) is 53.7 Å². The number of nitrogens with zero attached hydrogens (tertiary/aromatic N) is 2. The van der Waals surface area contributed by atoms with Crippen LogP contribution in [0, 0.1) is 5.82 Å². The minimum atomic E-state index is -3.54. The zero-order chi connectivity index (χ0) is 16.3. The molecule has 0 amide bonds. The third-order valence-corrected chi connectivity index (χ3v) is 7.02. The molecule has 122 valence electrons. The number of thioether (sulfide) groups is 1. The van der Waals surface area contributed by atoms with Crippen molar-refractivity contribution in [3.05, 3.63) is 60.2 Å². The van der Waals surface area contributed by atoms with Crippen molar-refractivity contribution < 1.29 is 12.8 Å². The summed E-state index contributed by atoms with van der Waals surface area (Å²) in [4.78, 5) is 4.09. The lowest BCUT2D eigenvalue weighted by Gasteiger charge is -2.19. The standard InChI is InChI=1S/C16H17FN2O2S2/c17-15-6-2-1-5-14(15)16-7-9-19(10-11-22-16)23(20,21)13-4-3-8-18-12-13/h1-6,8,12,16H,7,9-11H2. The quantitative estimate of drug-likeness (QED) is 0.852. The molecular weight excluding hydrogens is 335 g/mol. The summed E-state index contributed by atoms with van der Waals surface area (Å²) in [7, 11) is -3.54. The van der Waals surface area contributed by atoms with E-state index in [1.54, 1.807) is 42.2 Å². The molecule has 0 aliphatic carbocycles. The fourth-order valence-corrected chi connectivity index (χ4v) is 5.41. The van der Waals surface area contributed by atoms with Gasteiger partial charge in [-0.1, -0.05) is 18.2 Å². The Hall–Kier alpha value is -1.44. The van der Waals surface area contributed by atoms with Gasteiger partial charge in [0.1, 0.15) is 10.7 Å². The molecule has 1 atom stereocenters. The molecule has 0 bridgehead atoms. The van der Waals surface area contributed by atoms with Gasteiger partial charge < -0.3 is 0 Å². The molecule has 1 fully saturated rings. The molecule has 1 aromatic heterocycles. The van der Waals surface area contributed by atoms with Gasteiger partial charge in [-0.25, -0.2) is 12.8 Å². The molecule has 0 N–H and O–H groups in total. The molecule has 1 aliphatic rings.